The van der Waals surface area contributed by atoms with Crippen molar-refractivity contribution in [3.8, 4) is 0 Å². The molecule has 2 rings (SSSR count). The van der Waals surface area contributed by atoms with E-state index in [-0.39, 0.29) is 74.4 Å². The molecule has 6 nitrogen and oxygen atoms in total. The third-order valence-corrected chi connectivity index (χ3v) is 30.7. The summed E-state index contributed by atoms with van der Waals surface area (Å²) in [6.45, 7) is 63.0. The van der Waals surface area contributed by atoms with E-state index in [1.165, 1.54) is 0 Å². The molecule has 2 aliphatic carbocycles. The van der Waals surface area contributed by atoms with Crippen molar-refractivity contribution in [2.24, 2.45) is 113 Å². The van der Waals surface area contributed by atoms with E-state index in [9.17, 15) is 29.7 Å². The Morgan fingerprint density at radius 3 is 0.862 bits per heavy atom. The molecule has 0 bridgehead atoms. The summed E-state index contributed by atoms with van der Waals surface area (Å²) in [5, 5.41) is 36.0. The summed E-state index contributed by atoms with van der Waals surface area (Å²) in [5.41, 5.74) is -4.09. The van der Waals surface area contributed by atoms with Gasteiger partial charge in [0.15, 0.2) is 0 Å². The van der Waals surface area contributed by atoms with Crippen LogP contribution in [0, 0.1) is 113 Å². The van der Waals surface area contributed by atoms with E-state index in [1.807, 2.05) is 0 Å². The van der Waals surface area contributed by atoms with Crippen molar-refractivity contribution >= 4 is 17.9 Å². The molecule has 1 fully saturated rings. The van der Waals surface area contributed by atoms with Gasteiger partial charge in [-0.1, -0.05) is 282 Å². The number of carboxylic acid groups (broad SMARTS) is 3. The van der Waals surface area contributed by atoms with Crippen molar-refractivity contribution in [1.29, 1.82) is 0 Å². The number of carbonyl (C=O) groups is 3. The Kier molecular flexibility index (Phi) is 31.1. The second kappa shape index (κ2) is 33.3. The lowest BCUT2D eigenvalue weighted by molar-refractivity contribution is -0.247. The number of unbranched alkanes of at least 4 members (excludes halogenated alkanes) is 1. The lowest BCUT2D eigenvalue weighted by atomic mass is 9.31. The van der Waals surface area contributed by atoms with Crippen molar-refractivity contribution in [2.45, 2.75) is 373 Å². The highest BCUT2D eigenvalue weighted by Crippen LogP contribution is 2.77. The molecule has 512 valence electrons. The molecular weight excluding hydrogens is 1070 g/mol. The van der Waals surface area contributed by atoms with Gasteiger partial charge >= 0.3 is 17.9 Å². The molecule has 0 spiro atoms. The van der Waals surface area contributed by atoms with Crippen molar-refractivity contribution < 1.29 is 29.7 Å². The van der Waals surface area contributed by atoms with Gasteiger partial charge in [0.25, 0.3) is 0 Å². The Labute approximate surface area is 542 Å². The van der Waals surface area contributed by atoms with Gasteiger partial charge in [0.05, 0.1) is 16.2 Å². The van der Waals surface area contributed by atoms with E-state index < -0.39 is 50.4 Å². The van der Waals surface area contributed by atoms with Crippen LogP contribution in [0.5, 0.6) is 0 Å². The summed E-state index contributed by atoms with van der Waals surface area (Å²) in [5.74, 6) is -0.631. The smallest absolute Gasteiger partial charge is 0.309 e. The maximum Gasteiger partial charge on any atom is 0.309 e. The Morgan fingerprint density at radius 2 is 0.598 bits per heavy atom. The third-order valence-electron chi connectivity index (χ3n) is 30.7. The van der Waals surface area contributed by atoms with Gasteiger partial charge in [-0.3, -0.25) is 14.4 Å². The standard InChI is InChI=1S/C81H152O6/c1-27-50-51-59(73(26,32-6)33-7)64-65(76(38-12,39-13)55-72(25,30-4)31-5)62-60(74(34-8,35-9)54-71(24,28-2)29-3)52-53-61(75(36-10,37-11)56-79(44-18,45-19)68(82)83)63(62)66(77(40-14,41-15)57-80(46-20,47-21)69(84)85)67(64)78(42-16,43-17)58-81(48-22,49-23)70(86)87/h52-53,59-67H,27-51,54-58H2,1-26H3,(H,82,83)(H,84,85)(H,86,87). The van der Waals surface area contributed by atoms with Crippen LogP contribution in [0.15, 0.2) is 12.2 Å². The number of allylic oxidation sites excluding steroid dienone is 2. The maximum atomic E-state index is 14.8. The van der Waals surface area contributed by atoms with Crippen molar-refractivity contribution in [3.63, 3.8) is 0 Å². The molecule has 0 aliphatic heterocycles. The molecule has 0 aromatic rings. The van der Waals surface area contributed by atoms with Gasteiger partial charge in [-0.05, 0) is 199 Å². The van der Waals surface area contributed by atoms with Crippen LogP contribution in [-0.2, 0) is 14.4 Å². The molecule has 0 heterocycles. The molecule has 0 radical (unpaired) electrons. The van der Waals surface area contributed by atoms with E-state index in [1.54, 1.807) is 0 Å². The summed E-state index contributed by atoms with van der Waals surface area (Å²) in [6.07, 6.45) is 32.5. The van der Waals surface area contributed by atoms with Gasteiger partial charge in [0, 0.05) is 0 Å². The highest BCUT2D eigenvalue weighted by atomic mass is 16.4. The summed E-state index contributed by atoms with van der Waals surface area (Å²) in [4.78, 5) is 43.9. The quantitative estimate of drug-likeness (QED) is 0.0524. The molecule has 3 N–H and O–H groups in total. The fourth-order valence-electron chi connectivity index (χ4n) is 22.0. The number of aliphatic carboxylic acids is 3. The van der Waals surface area contributed by atoms with Gasteiger partial charge in [0.2, 0.25) is 0 Å². The lowest BCUT2D eigenvalue weighted by Crippen LogP contribution is -2.68. The SMILES string of the molecule is CCCCC(C1C(C(CC)(CC)CC(C)(CC)CC)C2C(C(C(CC)(CC)CC(CC)(CC)C(=O)O)C=CC2C(CC)(CC)CC(C)(CC)CC)C(C(CC)(CC)CC(CC)(CC)C(=O)O)C1C(CC)(CC)CC(CC)(CC)C(=O)O)C(C)(CC)CC. The normalized spacial score (nSPS) is 22.8. The number of carboxylic acids is 3. The van der Waals surface area contributed by atoms with Gasteiger partial charge in [-0.25, -0.2) is 0 Å². The zero-order valence-electron chi connectivity index (χ0n) is 63.1. The van der Waals surface area contributed by atoms with Crippen molar-refractivity contribution in [1.82, 2.24) is 0 Å². The number of fused-ring (bicyclic) bond motifs is 1. The van der Waals surface area contributed by atoms with E-state index in [4.69, 9.17) is 0 Å². The van der Waals surface area contributed by atoms with Crippen LogP contribution in [0.3, 0.4) is 0 Å². The molecule has 0 aromatic carbocycles. The van der Waals surface area contributed by atoms with Gasteiger partial charge in [-0.2, -0.15) is 0 Å². The van der Waals surface area contributed by atoms with Crippen LogP contribution >= 0.6 is 0 Å². The second-order valence-corrected chi connectivity index (χ2v) is 32.0. The average Bonchev–Trinajstić information content (AvgIpc) is 0.685. The van der Waals surface area contributed by atoms with E-state index in [0.29, 0.717) is 63.7 Å². The minimum atomic E-state index is -0.962. The molecule has 6 heteroatoms. The van der Waals surface area contributed by atoms with E-state index >= 15 is 0 Å². The second-order valence-electron chi connectivity index (χ2n) is 32.0. The summed E-state index contributed by atoms with van der Waals surface area (Å²) in [6, 6.07) is 0. The monoisotopic (exact) mass is 1220 g/mol. The first-order valence-corrected chi connectivity index (χ1v) is 38.3. The van der Waals surface area contributed by atoms with Crippen LogP contribution in [-0.4, -0.2) is 33.2 Å². The summed E-state index contributed by atoms with van der Waals surface area (Å²) < 4.78 is 0. The molecular formula is C81H152O6. The average molecular weight is 1220 g/mol. The predicted molar refractivity (Wildman–Crippen MR) is 376 cm³/mol. The molecule has 9 unspecified atom stereocenters. The van der Waals surface area contributed by atoms with E-state index in [2.05, 4.69) is 192 Å². The molecule has 9 atom stereocenters. The molecule has 0 aromatic heterocycles. The van der Waals surface area contributed by atoms with Crippen molar-refractivity contribution in [2.75, 3.05) is 0 Å². The van der Waals surface area contributed by atoms with Gasteiger partial charge < -0.3 is 15.3 Å². The van der Waals surface area contributed by atoms with Crippen LogP contribution in [0.1, 0.15) is 373 Å². The largest absolute Gasteiger partial charge is 0.481 e. The Morgan fingerprint density at radius 1 is 0.333 bits per heavy atom. The molecule has 87 heavy (non-hydrogen) atoms. The first kappa shape index (κ1) is 81.2. The Balaban J connectivity index is 4.43. The molecule has 1 saturated carbocycles. The van der Waals surface area contributed by atoms with Gasteiger partial charge in [-0.15, -0.1) is 0 Å². The predicted octanol–water partition coefficient (Wildman–Crippen LogP) is 25.4. The van der Waals surface area contributed by atoms with Crippen LogP contribution < -0.4 is 0 Å². The minimum Gasteiger partial charge on any atom is -0.481 e. The fraction of sp³-hybridized carbons (Fsp3) is 0.938. The van der Waals surface area contributed by atoms with Crippen molar-refractivity contribution in [3.05, 3.63) is 12.2 Å². The zero-order chi connectivity index (χ0) is 67.1. The third kappa shape index (κ3) is 15.2. The highest BCUT2D eigenvalue weighted by molar-refractivity contribution is 5.75. The summed E-state index contributed by atoms with van der Waals surface area (Å²) >= 11 is 0. The topological polar surface area (TPSA) is 112 Å². The maximum absolute atomic E-state index is 14.8. The first-order chi connectivity index (χ1) is 40.9. The Hall–Kier alpha value is -1.85. The number of rotatable bonds is 45. The lowest BCUT2D eigenvalue weighted by Gasteiger charge is -2.73. The van der Waals surface area contributed by atoms with Crippen LogP contribution in [0.4, 0.5) is 0 Å². The number of hydrogen-bond acceptors (Lipinski definition) is 3. The van der Waals surface area contributed by atoms with Gasteiger partial charge in [0.1, 0.15) is 0 Å². The van der Waals surface area contributed by atoms with Crippen LogP contribution in [0.2, 0.25) is 0 Å². The molecule has 2 aliphatic rings. The fourth-order valence-corrected chi connectivity index (χ4v) is 22.0. The number of hydrogen-bond donors (Lipinski definition) is 3. The summed E-state index contributed by atoms with van der Waals surface area (Å²) in [7, 11) is 0. The minimum absolute atomic E-state index is 0.0117. The molecule has 0 saturated heterocycles. The molecule has 0 amide bonds. The zero-order valence-corrected chi connectivity index (χ0v) is 63.1. The Bertz CT molecular complexity index is 2050. The highest BCUT2D eigenvalue weighted by Gasteiger charge is 2.72. The first-order valence-electron chi connectivity index (χ1n) is 38.3. The van der Waals surface area contributed by atoms with Crippen LogP contribution in [0.25, 0.3) is 0 Å². The van der Waals surface area contributed by atoms with E-state index in [0.717, 1.165) is 135 Å².